The van der Waals surface area contributed by atoms with Gasteiger partial charge in [-0.3, -0.25) is 12.2 Å². The van der Waals surface area contributed by atoms with Gasteiger partial charge < -0.3 is 7.43 Å². The van der Waals surface area contributed by atoms with Gasteiger partial charge in [0.05, 0.1) is 0 Å². The van der Waals surface area contributed by atoms with E-state index in [0.717, 1.165) is 12.8 Å². The van der Waals surface area contributed by atoms with Crippen LogP contribution in [-0.4, -0.2) is 3.71 Å². The summed E-state index contributed by atoms with van der Waals surface area (Å²) in [5.74, 6) is 0. The van der Waals surface area contributed by atoms with E-state index in [9.17, 15) is 0 Å². The molecule has 0 spiro atoms. The van der Waals surface area contributed by atoms with Crippen molar-refractivity contribution in [3.63, 3.8) is 0 Å². The van der Waals surface area contributed by atoms with Crippen LogP contribution in [0.1, 0.15) is 46.1 Å². The van der Waals surface area contributed by atoms with Crippen molar-refractivity contribution in [2.24, 2.45) is 0 Å². The molecule has 0 amide bonds. The number of rotatable bonds is 1. The summed E-state index contributed by atoms with van der Waals surface area (Å²) in [6.07, 6.45) is 12.8. The molecule has 0 saturated heterocycles. The Morgan fingerprint density at radius 1 is 0.800 bits per heavy atom. The molecule has 0 nitrogen and oxygen atoms in total. The molecule has 0 N–H and O–H groups in total. The fraction of sp³-hybridized carbons (Fsp3) is 0.273. The molecule has 1 aromatic carbocycles. The third-order valence-electron chi connectivity index (χ3n) is 3.70. The van der Waals surface area contributed by atoms with Gasteiger partial charge in [0.1, 0.15) is 0 Å². The van der Waals surface area contributed by atoms with E-state index in [-0.39, 0.29) is 32.2 Å². The first-order valence-electron chi connectivity index (χ1n) is 7.59. The van der Waals surface area contributed by atoms with Crippen LogP contribution in [-0.2, 0) is 24.2 Å². The average molecular weight is 456 g/mol. The summed E-state index contributed by atoms with van der Waals surface area (Å²) in [6.45, 7) is 8.43. The Kier molecular flexibility index (Phi) is 19.9. The molecule has 3 rings (SSSR count). The summed E-state index contributed by atoms with van der Waals surface area (Å²) in [4.78, 5) is 0. The number of hydrogen-bond acceptors (Lipinski definition) is 0. The number of halogens is 2. The third kappa shape index (κ3) is 12.5. The molecule has 0 aromatic heterocycles. The monoisotopic (exact) mass is 453 g/mol. The van der Waals surface area contributed by atoms with Gasteiger partial charge in [-0.05, 0) is 0 Å². The quantitative estimate of drug-likeness (QED) is 0.406. The van der Waals surface area contributed by atoms with E-state index in [1.165, 1.54) is 52.1 Å². The van der Waals surface area contributed by atoms with E-state index >= 15 is 0 Å². The van der Waals surface area contributed by atoms with Crippen LogP contribution in [0.5, 0.6) is 0 Å². The molecule has 0 saturated carbocycles. The van der Waals surface area contributed by atoms with E-state index in [1.807, 2.05) is 6.07 Å². The van der Waals surface area contributed by atoms with Crippen molar-refractivity contribution in [1.29, 1.82) is 0 Å². The van der Waals surface area contributed by atoms with Crippen molar-refractivity contribution in [3.05, 3.63) is 89.9 Å². The van der Waals surface area contributed by atoms with Gasteiger partial charge in [0, 0.05) is 0 Å². The molecule has 0 radical (unpaired) electrons. The zero-order valence-electron chi connectivity index (χ0n) is 15.8. The maximum atomic E-state index is 3.19. The van der Waals surface area contributed by atoms with E-state index in [0.29, 0.717) is 0 Å². The Morgan fingerprint density at radius 3 is 1.36 bits per heavy atom. The van der Waals surface area contributed by atoms with Crippen molar-refractivity contribution in [2.45, 2.75) is 40.5 Å². The van der Waals surface area contributed by atoms with Crippen LogP contribution in [0, 0.1) is 19.6 Å². The minimum atomic E-state index is 0. The van der Waals surface area contributed by atoms with Gasteiger partial charge in [-0.15, -0.1) is 51.5 Å². The van der Waals surface area contributed by atoms with E-state index in [1.54, 1.807) is 0 Å². The molecule has 2 aliphatic rings. The van der Waals surface area contributed by atoms with Crippen LogP contribution in [0.25, 0.3) is 0 Å². The average Bonchev–Trinajstić information content (AvgIpc) is 3.10. The molecular weight excluding hydrogens is 426 g/mol. The second kappa shape index (κ2) is 17.0. The van der Waals surface area contributed by atoms with Gasteiger partial charge in [-0.2, -0.15) is 12.2 Å². The maximum absolute atomic E-state index is 3.19. The molecule has 3 heteroatoms. The van der Waals surface area contributed by atoms with E-state index in [2.05, 4.69) is 80.0 Å². The van der Waals surface area contributed by atoms with Crippen molar-refractivity contribution in [1.82, 2.24) is 0 Å². The zero-order chi connectivity index (χ0) is 16.4. The summed E-state index contributed by atoms with van der Waals surface area (Å²) in [7, 11) is 0. The van der Waals surface area contributed by atoms with Crippen LogP contribution < -0.4 is 0 Å². The molecule has 0 fully saturated rings. The van der Waals surface area contributed by atoms with Gasteiger partial charge in [0.25, 0.3) is 0 Å². The molecule has 0 heterocycles. The van der Waals surface area contributed by atoms with Crippen LogP contribution in [0.4, 0.5) is 0 Å². The van der Waals surface area contributed by atoms with Crippen LogP contribution in [0.15, 0.2) is 64.8 Å². The molecule has 0 bridgehead atoms. The standard InChI is InChI=1S/2C7H9.C7H6.CH3.2ClH.Zr/c2*1-6-4-3-5-7(6)2;1-7-5-3-2-4-6-7;;;;/h2*4H,3H2,1-2H3;1-6H;1H3;2*1H;/q2*-1;;-1;;;. The van der Waals surface area contributed by atoms with Gasteiger partial charge in [-0.25, -0.2) is 22.3 Å². The predicted octanol–water partition coefficient (Wildman–Crippen LogP) is 6.85. The summed E-state index contributed by atoms with van der Waals surface area (Å²) in [6, 6.07) is 10.3. The Morgan fingerprint density at radius 2 is 1.20 bits per heavy atom. The topological polar surface area (TPSA) is 0 Å². The number of benzene rings is 1. The van der Waals surface area contributed by atoms with Crippen LogP contribution in [0.3, 0.4) is 0 Å². The number of allylic oxidation sites excluding steroid dienone is 8. The SMILES string of the molecule is CC1=[C-]CC=C1C.CC1=[C-]CC=C1C.Cl.Cl.[CH3-].[Zr]=[CH]c1ccccc1. The second-order valence-electron chi connectivity index (χ2n) is 5.34. The predicted molar refractivity (Wildman–Crippen MR) is 114 cm³/mol. The van der Waals surface area contributed by atoms with Gasteiger partial charge in [0.15, 0.2) is 0 Å². The first-order valence-corrected chi connectivity index (χ1v) is 9.01. The number of hydrogen-bond donors (Lipinski definition) is 0. The van der Waals surface area contributed by atoms with E-state index < -0.39 is 0 Å². The Balaban J connectivity index is -0.000000275. The summed E-state index contributed by atoms with van der Waals surface area (Å²) < 4.78 is 2.17. The Hall–Kier alpha value is -0.487. The molecule has 0 aliphatic heterocycles. The first-order chi connectivity index (χ1) is 10.5. The Labute approximate surface area is 182 Å². The zero-order valence-corrected chi connectivity index (χ0v) is 19.9. The molecule has 138 valence electrons. The normalized spacial score (nSPS) is 13.4. The fourth-order valence-electron chi connectivity index (χ4n) is 1.85. The summed E-state index contributed by atoms with van der Waals surface area (Å²) >= 11 is 1.46. The van der Waals surface area contributed by atoms with Crippen LogP contribution >= 0.6 is 24.8 Å². The fourth-order valence-corrected chi connectivity index (χ4v) is 2.32. The van der Waals surface area contributed by atoms with Crippen molar-refractivity contribution in [3.8, 4) is 0 Å². The summed E-state index contributed by atoms with van der Waals surface area (Å²) in [5.41, 5.74) is 6.74. The molecule has 2 aliphatic carbocycles. The van der Waals surface area contributed by atoms with E-state index in [4.69, 9.17) is 0 Å². The van der Waals surface area contributed by atoms with Crippen molar-refractivity contribution < 1.29 is 24.2 Å². The van der Waals surface area contributed by atoms with Gasteiger partial charge in [-0.1, -0.05) is 13.8 Å². The first kappa shape index (κ1) is 29.3. The molecule has 25 heavy (non-hydrogen) atoms. The van der Waals surface area contributed by atoms with Gasteiger partial charge >= 0.3 is 63.8 Å². The molecule has 0 unspecified atom stereocenters. The molecule has 0 atom stereocenters. The summed E-state index contributed by atoms with van der Waals surface area (Å²) in [5, 5.41) is 0. The van der Waals surface area contributed by atoms with Crippen molar-refractivity contribution in [2.75, 3.05) is 0 Å². The van der Waals surface area contributed by atoms with Crippen LogP contribution in [0.2, 0.25) is 0 Å². The third-order valence-corrected chi connectivity index (χ3v) is 4.52. The molecule has 1 aromatic rings. The van der Waals surface area contributed by atoms with Crippen molar-refractivity contribution >= 4 is 28.5 Å². The Bertz CT molecular complexity index is 542. The second-order valence-corrected chi connectivity index (χ2v) is 6.05. The van der Waals surface area contributed by atoms with Gasteiger partial charge in [0.2, 0.25) is 0 Å². The minimum absolute atomic E-state index is 0. The molecular formula is C22H29Cl2Zr-3.